The molecule has 2 nitrogen and oxygen atoms in total. The zero-order valence-electron chi connectivity index (χ0n) is 14.5. The summed E-state index contributed by atoms with van der Waals surface area (Å²) in [6.45, 7) is 9.23. The van der Waals surface area contributed by atoms with E-state index in [-0.39, 0.29) is 5.41 Å². The van der Waals surface area contributed by atoms with Crippen LogP contribution in [0.1, 0.15) is 72.6 Å². The summed E-state index contributed by atoms with van der Waals surface area (Å²) in [6, 6.07) is 0. The lowest BCUT2D eigenvalue weighted by molar-refractivity contribution is -0.118. The summed E-state index contributed by atoms with van der Waals surface area (Å²) >= 11 is 0. The van der Waals surface area contributed by atoms with E-state index >= 15 is 0 Å². The molecule has 1 N–H and O–H groups in total. The standard InChI is InChI=1S/C20H29NO/c1-19(2)8-7-13-14(9-19)21-15-10-20(3,4)11-16(22)18(15)17(13)12-5-6-12/h12,17,21H,5-11H2,1-4H3. The lowest BCUT2D eigenvalue weighted by Gasteiger charge is -2.44. The second-order valence-corrected chi connectivity index (χ2v) is 9.62. The Morgan fingerprint density at radius 3 is 2.32 bits per heavy atom. The number of ketones is 1. The molecule has 120 valence electrons. The third-order valence-corrected chi connectivity index (χ3v) is 6.12. The van der Waals surface area contributed by atoms with Gasteiger partial charge >= 0.3 is 0 Å². The van der Waals surface area contributed by atoms with Gasteiger partial charge in [-0.05, 0) is 60.8 Å². The van der Waals surface area contributed by atoms with E-state index in [1.54, 1.807) is 5.57 Å². The zero-order chi connectivity index (χ0) is 15.7. The minimum absolute atomic E-state index is 0.110. The van der Waals surface area contributed by atoms with Gasteiger partial charge in [-0.15, -0.1) is 0 Å². The molecule has 0 saturated heterocycles. The lowest BCUT2D eigenvalue weighted by atomic mass is 9.65. The molecule has 4 aliphatic rings. The molecule has 1 unspecified atom stereocenters. The largest absolute Gasteiger partial charge is 0.362 e. The molecule has 1 aliphatic heterocycles. The summed E-state index contributed by atoms with van der Waals surface area (Å²) in [4.78, 5) is 12.9. The average molecular weight is 299 g/mol. The number of rotatable bonds is 1. The number of allylic oxidation sites excluding steroid dienone is 4. The summed E-state index contributed by atoms with van der Waals surface area (Å²) in [6.07, 6.45) is 8.00. The van der Waals surface area contributed by atoms with Crippen LogP contribution in [0.4, 0.5) is 0 Å². The first-order chi connectivity index (χ1) is 10.3. The first-order valence-corrected chi connectivity index (χ1v) is 9.01. The predicted octanol–water partition coefficient (Wildman–Crippen LogP) is 4.72. The van der Waals surface area contributed by atoms with E-state index in [1.165, 1.54) is 42.7 Å². The highest BCUT2D eigenvalue weighted by atomic mass is 16.1. The number of Topliss-reactive ketones (excluding diaryl/α,β-unsaturated/α-hetero) is 1. The van der Waals surface area contributed by atoms with Crippen molar-refractivity contribution in [3.63, 3.8) is 0 Å². The van der Waals surface area contributed by atoms with Gasteiger partial charge in [0.05, 0.1) is 0 Å². The molecule has 1 atom stereocenters. The van der Waals surface area contributed by atoms with E-state index < -0.39 is 0 Å². The van der Waals surface area contributed by atoms with E-state index in [2.05, 4.69) is 33.0 Å². The minimum Gasteiger partial charge on any atom is -0.362 e. The maximum Gasteiger partial charge on any atom is 0.161 e. The molecule has 0 aromatic carbocycles. The second-order valence-electron chi connectivity index (χ2n) is 9.62. The van der Waals surface area contributed by atoms with Crippen molar-refractivity contribution in [2.45, 2.75) is 72.6 Å². The Hall–Kier alpha value is -1.05. The van der Waals surface area contributed by atoms with E-state index in [1.807, 2.05) is 0 Å². The molecule has 2 heteroatoms. The molecule has 0 spiro atoms. The van der Waals surface area contributed by atoms with Gasteiger partial charge in [-0.1, -0.05) is 27.7 Å². The van der Waals surface area contributed by atoms with Gasteiger partial charge < -0.3 is 5.32 Å². The highest BCUT2D eigenvalue weighted by Gasteiger charge is 2.47. The van der Waals surface area contributed by atoms with Crippen LogP contribution in [-0.2, 0) is 4.79 Å². The number of nitrogens with one attached hydrogen (secondary N) is 1. The number of carbonyl (C=O) groups is 1. The van der Waals surface area contributed by atoms with Crippen molar-refractivity contribution in [1.29, 1.82) is 0 Å². The monoisotopic (exact) mass is 299 g/mol. The summed E-state index contributed by atoms with van der Waals surface area (Å²) in [5, 5.41) is 3.75. The Bertz CT molecular complexity index is 601. The van der Waals surface area contributed by atoms with Crippen molar-refractivity contribution >= 4 is 5.78 Å². The van der Waals surface area contributed by atoms with E-state index in [0.717, 1.165) is 25.2 Å². The molecule has 0 aromatic heterocycles. The van der Waals surface area contributed by atoms with Crippen molar-refractivity contribution in [2.75, 3.05) is 0 Å². The Morgan fingerprint density at radius 2 is 1.64 bits per heavy atom. The fourth-order valence-corrected chi connectivity index (χ4v) is 4.89. The van der Waals surface area contributed by atoms with Crippen molar-refractivity contribution < 1.29 is 4.79 Å². The molecular weight excluding hydrogens is 270 g/mol. The minimum atomic E-state index is 0.110. The third kappa shape index (κ3) is 2.35. The van der Waals surface area contributed by atoms with Crippen LogP contribution < -0.4 is 5.32 Å². The van der Waals surface area contributed by atoms with Crippen LogP contribution in [-0.4, -0.2) is 5.78 Å². The smallest absolute Gasteiger partial charge is 0.161 e. The molecule has 1 saturated carbocycles. The maximum absolute atomic E-state index is 12.9. The van der Waals surface area contributed by atoms with Crippen molar-refractivity contribution in [3.8, 4) is 0 Å². The highest BCUT2D eigenvalue weighted by molar-refractivity contribution is 5.99. The van der Waals surface area contributed by atoms with Gasteiger partial charge in [0.25, 0.3) is 0 Å². The van der Waals surface area contributed by atoms with Crippen LogP contribution in [0.15, 0.2) is 22.5 Å². The fourth-order valence-electron chi connectivity index (χ4n) is 4.89. The van der Waals surface area contributed by atoms with Gasteiger partial charge in [-0.2, -0.15) is 0 Å². The first kappa shape index (κ1) is 14.5. The van der Waals surface area contributed by atoms with Crippen molar-refractivity contribution in [1.82, 2.24) is 5.32 Å². The van der Waals surface area contributed by atoms with Crippen molar-refractivity contribution in [3.05, 3.63) is 22.5 Å². The number of dihydropyridines is 1. The topological polar surface area (TPSA) is 29.1 Å². The Morgan fingerprint density at radius 1 is 0.955 bits per heavy atom. The molecule has 0 bridgehead atoms. The summed E-state index contributed by atoms with van der Waals surface area (Å²) < 4.78 is 0. The Kier molecular flexibility index (Phi) is 2.97. The normalized spacial score (nSPS) is 33.3. The van der Waals surface area contributed by atoms with Gasteiger partial charge in [-0.25, -0.2) is 0 Å². The van der Waals surface area contributed by atoms with Gasteiger partial charge in [0.1, 0.15) is 0 Å². The molecule has 0 aromatic rings. The summed E-state index contributed by atoms with van der Waals surface area (Å²) in [5.74, 6) is 1.64. The van der Waals surface area contributed by atoms with Crippen LogP contribution in [0.3, 0.4) is 0 Å². The number of hydrogen-bond donors (Lipinski definition) is 1. The van der Waals surface area contributed by atoms with Crippen LogP contribution in [0, 0.1) is 22.7 Å². The predicted molar refractivity (Wildman–Crippen MR) is 89.1 cm³/mol. The van der Waals surface area contributed by atoms with Gasteiger partial charge in [0, 0.05) is 29.3 Å². The fraction of sp³-hybridized carbons (Fsp3) is 0.750. The van der Waals surface area contributed by atoms with Gasteiger partial charge in [0.2, 0.25) is 0 Å². The van der Waals surface area contributed by atoms with Crippen LogP contribution in [0.2, 0.25) is 0 Å². The summed E-state index contributed by atoms with van der Waals surface area (Å²) in [5.41, 5.74) is 6.02. The third-order valence-electron chi connectivity index (χ3n) is 6.12. The lowest BCUT2D eigenvalue weighted by Crippen LogP contribution is -2.41. The quantitative estimate of drug-likeness (QED) is 0.759. The Balaban J connectivity index is 1.76. The molecule has 3 aliphatic carbocycles. The zero-order valence-corrected chi connectivity index (χ0v) is 14.5. The van der Waals surface area contributed by atoms with E-state index in [0.29, 0.717) is 17.1 Å². The van der Waals surface area contributed by atoms with Gasteiger partial charge in [0.15, 0.2) is 5.78 Å². The number of hydrogen-bond acceptors (Lipinski definition) is 2. The molecule has 1 heterocycles. The SMILES string of the molecule is CC1(C)CCC2=C(C1)NC1=C(C(=O)CC(C)(C)C1)C2C1CC1. The molecule has 1 fully saturated rings. The maximum atomic E-state index is 12.9. The van der Waals surface area contributed by atoms with Crippen LogP contribution >= 0.6 is 0 Å². The molecule has 22 heavy (non-hydrogen) atoms. The summed E-state index contributed by atoms with van der Waals surface area (Å²) in [7, 11) is 0. The van der Waals surface area contributed by atoms with Gasteiger partial charge in [-0.3, -0.25) is 4.79 Å². The van der Waals surface area contributed by atoms with Crippen LogP contribution in [0.5, 0.6) is 0 Å². The second kappa shape index (κ2) is 4.49. The van der Waals surface area contributed by atoms with Crippen LogP contribution in [0.25, 0.3) is 0 Å². The number of carbonyl (C=O) groups excluding carboxylic acids is 1. The molecule has 0 radical (unpaired) electrons. The van der Waals surface area contributed by atoms with E-state index in [4.69, 9.17) is 0 Å². The van der Waals surface area contributed by atoms with Crippen molar-refractivity contribution in [2.24, 2.45) is 22.7 Å². The Labute approximate surface area is 134 Å². The highest BCUT2D eigenvalue weighted by Crippen LogP contribution is 2.55. The average Bonchev–Trinajstić information content (AvgIpc) is 3.17. The molecular formula is C20H29NO. The van der Waals surface area contributed by atoms with E-state index in [9.17, 15) is 4.79 Å². The molecule has 0 amide bonds. The first-order valence-electron chi connectivity index (χ1n) is 9.01. The molecule has 4 rings (SSSR count).